The Balaban J connectivity index is 1.68. The molecule has 0 fully saturated rings. The molecule has 25 heavy (non-hydrogen) atoms. The van der Waals surface area contributed by atoms with Gasteiger partial charge in [0.05, 0.1) is 13.3 Å². The fourth-order valence-corrected chi connectivity index (χ4v) is 4.26. The zero-order chi connectivity index (χ0) is 17.4. The standard InChI is InChI=1S/C18H17N3O3S/c1-24-12-8-6-11(7-9-12)16(22)20-13-10-19-18-21(17(13)23)14-4-2-3-5-15(14)25-18/h6-10H,2-5H2,1H3,(H,20,22). The number of carbonyl (C=O) groups is 1. The minimum Gasteiger partial charge on any atom is -0.497 e. The second-order valence-electron chi connectivity index (χ2n) is 5.96. The number of aromatic nitrogens is 2. The van der Waals surface area contributed by atoms with E-state index in [0.29, 0.717) is 16.3 Å². The third-order valence-electron chi connectivity index (χ3n) is 4.40. The van der Waals surface area contributed by atoms with E-state index in [-0.39, 0.29) is 17.2 Å². The molecular weight excluding hydrogens is 338 g/mol. The maximum Gasteiger partial charge on any atom is 0.282 e. The Hall–Kier alpha value is -2.67. The Morgan fingerprint density at radius 3 is 2.76 bits per heavy atom. The van der Waals surface area contributed by atoms with Crippen molar-refractivity contribution in [3.05, 3.63) is 57.0 Å². The highest BCUT2D eigenvalue weighted by Gasteiger charge is 2.20. The lowest BCUT2D eigenvalue weighted by atomic mass is 10.0. The minimum atomic E-state index is -0.342. The molecule has 0 saturated heterocycles. The lowest BCUT2D eigenvalue weighted by Gasteiger charge is -2.11. The number of benzene rings is 1. The predicted octanol–water partition coefficient (Wildman–Crippen LogP) is 2.90. The van der Waals surface area contributed by atoms with E-state index in [1.807, 2.05) is 0 Å². The molecule has 6 nitrogen and oxygen atoms in total. The average molecular weight is 355 g/mol. The molecule has 0 unspecified atom stereocenters. The molecule has 1 aliphatic rings. The molecule has 1 N–H and O–H groups in total. The van der Waals surface area contributed by atoms with Crippen LogP contribution in [0, 0.1) is 0 Å². The molecule has 0 saturated carbocycles. The SMILES string of the molecule is COc1ccc(C(=O)Nc2cnc3sc4c(n3c2=O)CCCC4)cc1. The van der Waals surface area contributed by atoms with Gasteiger partial charge in [0.1, 0.15) is 11.4 Å². The number of ether oxygens (including phenoxy) is 1. The Labute approximate surface area is 148 Å². The second-order valence-corrected chi connectivity index (χ2v) is 7.02. The van der Waals surface area contributed by atoms with Gasteiger partial charge in [0.15, 0.2) is 4.96 Å². The number of aryl methyl sites for hydroxylation is 2. The second kappa shape index (κ2) is 6.33. The molecule has 3 aromatic rings. The number of fused-ring (bicyclic) bond motifs is 3. The van der Waals surface area contributed by atoms with Gasteiger partial charge >= 0.3 is 0 Å². The van der Waals surface area contributed by atoms with Crippen molar-refractivity contribution in [1.82, 2.24) is 9.38 Å². The molecule has 1 amide bonds. The van der Waals surface area contributed by atoms with E-state index in [0.717, 1.165) is 31.4 Å². The minimum absolute atomic E-state index is 0.199. The molecule has 0 aliphatic heterocycles. The normalized spacial score (nSPS) is 13.5. The number of methoxy groups -OCH3 is 1. The molecule has 128 valence electrons. The molecule has 4 rings (SSSR count). The van der Waals surface area contributed by atoms with Gasteiger partial charge in [-0.3, -0.25) is 14.0 Å². The number of anilines is 1. The van der Waals surface area contributed by atoms with Crippen LogP contribution in [0.25, 0.3) is 4.96 Å². The van der Waals surface area contributed by atoms with Crippen LogP contribution in [-0.4, -0.2) is 22.4 Å². The molecule has 1 aliphatic carbocycles. The number of nitrogens with zero attached hydrogens (tertiary/aromatic N) is 2. The lowest BCUT2D eigenvalue weighted by molar-refractivity contribution is 0.102. The molecular formula is C18H17N3O3S. The predicted molar refractivity (Wildman–Crippen MR) is 96.9 cm³/mol. The van der Waals surface area contributed by atoms with Crippen molar-refractivity contribution in [2.45, 2.75) is 25.7 Å². The molecule has 0 atom stereocenters. The van der Waals surface area contributed by atoms with Crippen molar-refractivity contribution in [3.63, 3.8) is 0 Å². The number of hydrogen-bond donors (Lipinski definition) is 1. The van der Waals surface area contributed by atoms with Gasteiger partial charge in [-0.1, -0.05) is 0 Å². The highest BCUT2D eigenvalue weighted by molar-refractivity contribution is 7.17. The van der Waals surface area contributed by atoms with Gasteiger partial charge in [-0.25, -0.2) is 4.98 Å². The van der Waals surface area contributed by atoms with E-state index in [1.165, 1.54) is 11.1 Å². The monoisotopic (exact) mass is 355 g/mol. The van der Waals surface area contributed by atoms with Crippen LogP contribution in [0.5, 0.6) is 5.75 Å². The summed E-state index contributed by atoms with van der Waals surface area (Å²) in [5.41, 5.74) is 1.48. The van der Waals surface area contributed by atoms with E-state index in [4.69, 9.17) is 4.74 Å². The fourth-order valence-electron chi connectivity index (χ4n) is 3.09. The van der Waals surface area contributed by atoms with Crippen LogP contribution in [0.1, 0.15) is 33.8 Å². The van der Waals surface area contributed by atoms with E-state index in [9.17, 15) is 9.59 Å². The molecule has 2 aromatic heterocycles. The Morgan fingerprint density at radius 1 is 1.24 bits per heavy atom. The largest absolute Gasteiger partial charge is 0.497 e. The molecule has 0 radical (unpaired) electrons. The first-order valence-electron chi connectivity index (χ1n) is 8.15. The van der Waals surface area contributed by atoms with Crippen molar-refractivity contribution in [2.24, 2.45) is 0 Å². The Bertz CT molecular complexity index is 1000. The van der Waals surface area contributed by atoms with Gasteiger partial charge in [-0.05, 0) is 49.9 Å². The summed E-state index contributed by atoms with van der Waals surface area (Å²) in [5, 5.41) is 2.68. The van der Waals surface area contributed by atoms with Crippen LogP contribution < -0.4 is 15.6 Å². The first-order chi connectivity index (χ1) is 12.2. The Morgan fingerprint density at radius 2 is 2.00 bits per heavy atom. The summed E-state index contributed by atoms with van der Waals surface area (Å²) in [5.74, 6) is 0.329. The highest BCUT2D eigenvalue weighted by Crippen LogP contribution is 2.28. The smallest absolute Gasteiger partial charge is 0.282 e. The summed E-state index contributed by atoms with van der Waals surface area (Å²) in [6.07, 6.45) is 5.55. The van der Waals surface area contributed by atoms with Crippen LogP contribution in [0.4, 0.5) is 5.69 Å². The number of carbonyl (C=O) groups excluding carboxylic acids is 1. The molecule has 7 heteroatoms. The third-order valence-corrected chi connectivity index (χ3v) is 5.56. The van der Waals surface area contributed by atoms with E-state index >= 15 is 0 Å². The van der Waals surface area contributed by atoms with E-state index in [1.54, 1.807) is 47.1 Å². The maximum atomic E-state index is 12.8. The molecule has 1 aromatic carbocycles. The van der Waals surface area contributed by atoms with Gasteiger partial charge in [0.25, 0.3) is 11.5 Å². The number of thiazole rings is 1. The zero-order valence-electron chi connectivity index (χ0n) is 13.7. The quantitative estimate of drug-likeness (QED) is 0.784. The van der Waals surface area contributed by atoms with Gasteiger partial charge in [0.2, 0.25) is 0 Å². The fraction of sp³-hybridized carbons (Fsp3) is 0.278. The summed E-state index contributed by atoms with van der Waals surface area (Å²) < 4.78 is 6.74. The summed E-state index contributed by atoms with van der Waals surface area (Å²) in [7, 11) is 1.57. The van der Waals surface area contributed by atoms with Crippen molar-refractivity contribution in [1.29, 1.82) is 0 Å². The highest BCUT2D eigenvalue weighted by atomic mass is 32.1. The van der Waals surface area contributed by atoms with Gasteiger partial charge in [0, 0.05) is 16.1 Å². The van der Waals surface area contributed by atoms with Crippen molar-refractivity contribution >= 4 is 27.9 Å². The summed E-state index contributed by atoms with van der Waals surface area (Å²) >= 11 is 1.57. The number of hydrogen-bond acceptors (Lipinski definition) is 5. The summed E-state index contributed by atoms with van der Waals surface area (Å²) in [6, 6.07) is 6.73. The maximum absolute atomic E-state index is 12.8. The van der Waals surface area contributed by atoms with Crippen molar-refractivity contribution < 1.29 is 9.53 Å². The van der Waals surface area contributed by atoms with E-state index in [2.05, 4.69) is 10.3 Å². The topological polar surface area (TPSA) is 72.7 Å². The van der Waals surface area contributed by atoms with Crippen LogP contribution >= 0.6 is 11.3 Å². The number of rotatable bonds is 3. The zero-order valence-corrected chi connectivity index (χ0v) is 14.6. The van der Waals surface area contributed by atoms with Crippen LogP contribution in [0.3, 0.4) is 0 Å². The summed E-state index contributed by atoms with van der Waals surface area (Å²) in [4.78, 5) is 31.5. The molecule has 0 spiro atoms. The average Bonchev–Trinajstić information content (AvgIpc) is 3.03. The number of nitrogens with one attached hydrogen (secondary N) is 1. The van der Waals surface area contributed by atoms with Crippen LogP contribution in [0.2, 0.25) is 0 Å². The Kier molecular flexibility index (Phi) is 4.01. The van der Waals surface area contributed by atoms with Gasteiger partial charge in [-0.15, -0.1) is 11.3 Å². The third kappa shape index (κ3) is 2.80. The van der Waals surface area contributed by atoms with E-state index < -0.39 is 0 Å². The summed E-state index contributed by atoms with van der Waals surface area (Å²) in [6.45, 7) is 0. The van der Waals surface area contributed by atoms with Gasteiger partial charge in [-0.2, -0.15) is 0 Å². The van der Waals surface area contributed by atoms with Crippen molar-refractivity contribution in [2.75, 3.05) is 12.4 Å². The van der Waals surface area contributed by atoms with Crippen LogP contribution in [0.15, 0.2) is 35.3 Å². The lowest BCUT2D eigenvalue weighted by Crippen LogP contribution is -2.24. The van der Waals surface area contributed by atoms with Crippen molar-refractivity contribution in [3.8, 4) is 5.75 Å². The first kappa shape index (κ1) is 15.8. The molecule has 2 heterocycles. The molecule has 0 bridgehead atoms. The first-order valence-corrected chi connectivity index (χ1v) is 8.97. The van der Waals surface area contributed by atoms with Gasteiger partial charge < -0.3 is 10.1 Å². The number of amides is 1. The van der Waals surface area contributed by atoms with Crippen LogP contribution in [-0.2, 0) is 12.8 Å².